The molecule has 2 aromatic rings. The van der Waals surface area contributed by atoms with Gasteiger partial charge in [0.2, 0.25) is 0 Å². The molecule has 3 rings (SSSR count). The fraction of sp³-hybridized carbons (Fsp3) is 0.417. The highest BCUT2D eigenvalue weighted by Crippen LogP contribution is 2.37. The van der Waals surface area contributed by atoms with Gasteiger partial charge in [-0.05, 0) is 42.5 Å². The van der Waals surface area contributed by atoms with Crippen molar-refractivity contribution in [2.75, 3.05) is 0 Å². The Morgan fingerprint density at radius 1 is 1.41 bits per heavy atom. The smallest absolute Gasteiger partial charge is 0.194 e. The van der Waals surface area contributed by atoms with Crippen molar-refractivity contribution in [3.63, 3.8) is 0 Å². The average Bonchev–Trinajstić information content (AvgIpc) is 2.84. The normalized spacial score (nSPS) is 19.4. The number of rotatable bonds is 1. The van der Waals surface area contributed by atoms with Crippen molar-refractivity contribution in [2.45, 2.75) is 32.2 Å². The van der Waals surface area contributed by atoms with Crippen molar-refractivity contribution >= 4 is 23.2 Å². The first kappa shape index (κ1) is 11.2. The number of fused-ring (bicyclic) bond motifs is 1. The summed E-state index contributed by atoms with van der Waals surface area (Å²) in [5.41, 5.74) is 1.11. The van der Waals surface area contributed by atoms with E-state index in [1.807, 2.05) is 6.07 Å². The number of imidazole rings is 1. The summed E-state index contributed by atoms with van der Waals surface area (Å²) in [6.07, 6.45) is 2.30. The Kier molecular flexibility index (Phi) is 2.68. The molecule has 0 radical (unpaired) electrons. The van der Waals surface area contributed by atoms with Crippen LogP contribution in [0.3, 0.4) is 0 Å². The maximum absolute atomic E-state index is 6.21. The van der Waals surface area contributed by atoms with Gasteiger partial charge >= 0.3 is 0 Å². The van der Waals surface area contributed by atoms with Crippen molar-refractivity contribution in [1.82, 2.24) is 9.55 Å². The molecule has 0 amide bonds. The molecule has 1 aliphatic rings. The van der Waals surface area contributed by atoms with Crippen LogP contribution < -0.4 is 0 Å². The first-order valence-electron chi connectivity index (χ1n) is 5.68. The van der Waals surface area contributed by atoms with E-state index in [1.54, 1.807) is 6.07 Å². The molecular weight excluding hydrogens is 259 g/mol. The largest absolute Gasteiger partial charge is 0.441 e. The Labute approximate surface area is 109 Å². The van der Waals surface area contributed by atoms with Crippen molar-refractivity contribution < 1.29 is 4.42 Å². The highest BCUT2D eigenvalue weighted by atomic mass is 35.5. The van der Waals surface area contributed by atoms with E-state index in [-0.39, 0.29) is 0 Å². The van der Waals surface area contributed by atoms with E-state index in [0.29, 0.717) is 22.1 Å². The molecule has 1 aliphatic heterocycles. The number of hydrogen-bond acceptors (Lipinski definition) is 2. The van der Waals surface area contributed by atoms with E-state index < -0.39 is 0 Å². The third-order valence-corrected chi connectivity index (χ3v) is 3.72. The van der Waals surface area contributed by atoms with Crippen LogP contribution in [0, 0.1) is 0 Å². The molecule has 17 heavy (non-hydrogen) atoms. The molecule has 0 bridgehead atoms. The number of aromatic nitrogens is 2. The van der Waals surface area contributed by atoms with Crippen molar-refractivity contribution in [3.05, 3.63) is 28.2 Å². The van der Waals surface area contributed by atoms with Gasteiger partial charge in [0.25, 0.3) is 0 Å². The monoisotopic (exact) mass is 270 g/mol. The lowest BCUT2D eigenvalue weighted by atomic mass is 9.98. The lowest BCUT2D eigenvalue weighted by Gasteiger charge is -2.21. The summed E-state index contributed by atoms with van der Waals surface area (Å²) in [6, 6.07) is 3.55. The predicted octanol–water partition coefficient (Wildman–Crippen LogP) is 4.35. The Hall–Kier alpha value is -0.930. The lowest BCUT2D eigenvalue weighted by Crippen LogP contribution is -2.14. The molecule has 3 nitrogen and oxygen atoms in total. The Morgan fingerprint density at radius 2 is 2.24 bits per heavy atom. The summed E-state index contributed by atoms with van der Waals surface area (Å²) in [7, 11) is 0. The molecule has 5 heteroatoms. The number of hydrogen-bond donors (Lipinski definition) is 0. The van der Waals surface area contributed by atoms with E-state index in [4.69, 9.17) is 27.6 Å². The minimum Gasteiger partial charge on any atom is -0.441 e. The van der Waals surface area contributed by atoms with Crippen LogP contribution in [0.1, 0.15) is 31.4 Å². The van der Waals surface area contributed by atoms with Gasteiger partial charge < -0.3 is 8.98 Å². The minimum atomic E-state index is 0.373. The molecular formula is C12H12Cl2N2O. The van der Waals surface area contributed by atoms with Crippen molar-refractivity contribution in [3.8, 4) is 11.6 Å². The van der Waals surface area contributed by atoms with Gasteiger partial charge in [-0.1, -0.05) is 18.5 Å². The van der Waals surface area contributed by atoms with Crippen LogP contribution >= 0.6 is 23.2 Å². The van der Waals surface area contributed by atoms with E-state index in [0.717, 1.165) is 30.9 Å². The van der Waals surface area contributed by atoms with E-state index in [9.17, 15) is 0 Å². The number of halogens is 2. The molecule has 1 atom stereocenters. The summed E-state index contributed by atoms with van der Waals surface area (Å²) in [6.45, 7) is 3.12. The van der Waals surface area contributed by atoms with Crippen molar-refractivity contribution in [1.29, 1.82) is 0 Å². The molecule has 90 valence electrons. The van der Waals surface area contributed by atoms with Crippen LogP contribution in [0.4, 0.5) is 0 Å². The fourth-order valence-electron chi connectivity index (χ4n) is 2.45. The molecule has 0 N–H and O–H groups in total. The summed E-state index contributed by atoms with van der Waals surface area (Å²) < 4.78 is 7.55. The molecule has 2 aromatic heterocycles. The number of furan rings is 1. The average molecular weight is 271 g/mol. The quantitative estimate of drug-likeness (QED) is 0.772. The topological polar surface area (TPSA) is 31.0 Å². The Morgan fingerprint density at radius 3 is 2.94 bits per heavy atom. The second-order valence-corrected chi connectivity index (χ2v) is 5.14. The van der Waals surface area contributed by atoms with Crippen LogP contribution in [-0.2, 0) is 6.54 Å². The lowest BCUT2D eigenvalue weighted by molar-refractivity contribution is 0.472. The zero-order valence-electron chi connectivity index (χ0n) is 9.41. The SMILES string of the molecule is CC1CCCn2c(-c3ccc(Cl)o3)nc(Cl)c21. The van der Waals surface area contributed by atoms with Crippen LogP contribution in [0.2, 0.25) is 10.4 Å². The second-order valence-electron chi connectivity index (χ2n) is 4.41. The van der Waals surface area contributed by atoms with E-state index >= 15 is 0 Å². The van der Waals surface area contributed by atoms with Gasteiger partial charge in [-0.15, -0.1) is 0 Å². The first-order chi connectivity index (χ1) is 8.16. The molecule has 0 saturated heterocycles. The zero-order chi connectivity index (χ0) is 12.0. The summed E-state index contributed by atoms with van der Waals surface area (Å²) in [5, 5.41) is 0.956. The molecule has 0 spiro atoms. The third kappa shape index (κ3) is 1.78. The van der Waals surface area contributed by atoms with Gasteiger partial charge in [0.05, 0.1) is 5.69 Å². The van der Waals surface area contributed by atoms with Crippen molar-refractivity contribution in [2.24, 2.45) is 0 Å². The van der Waals surface area contributed by atoms with Gasteiger partial charge in [0, 0.05) is 6.54 Å². The highest BCUT2D eigenvalue weighted by Gasteiger charge is 2.26. The molecule has 0 saturated carbocycles. The van der Waals surface area contributed by atoms with Crippen LogP contribution in [0.25, 0.3) is 11.6 Å². The second kappa shape index (κ2) is 4.07. The minimum absolute atomic E-state index is 0.373. The van der Waals surface area contributed by atoms with Gasteiger partial charge in [0.1, 0.15) is 0 Å². The van der Waals surface area contributed by atoms with Gasteiger partial charge in [-0.2, -0.15) is 0 Å². The highest BCUT2D eigenvalue weighted by molar-refractivity contribution is 6.30. The maximum atomic E-state index is 6.21. The Balaban J connectivity index is 2.16. The predicted molar refractivity (Wildman–Crippen MR) is 67.6 cm³/mol. The molecule has 3 heterocycles. The number of nitrogens with zero attached hydrogens (tertiary/aromatic N) is 2. The molecule has 0 aliphatic carbocycles. The molecule has 1 unspecified atom stereocenters. The third-order valence-electron chi connectivity index (χ3n) is 3.24. The van der Waals surface area contributed by atoms with Gasteiger partial charge in [0.15, 0.2) is 22.0 Å². The van der Waals surface area contributed by atoms with Crippen LogP contribution in [0.15, 0.2) is 16.5 Å². The van der Waals surface area contributed by atoms with Crippen LogP contribution in [0.5, 0.6) is 0 Å². The summed E-state index contributed by atoms with van der Waals surface area (Å²) in [4.78, 5) is 4.40. The zero-order valence-corrected chi connectivity index (χ0v) is 10.9. The fourth-order valence-corrected chi connectivity index (χ4v) is 2.96. The molecule has 0 fully saturated rings. The molecule has 0 aromatic carbocycles. The van der Waals surface area contributed by atoms with E-state index in [2.05, 4.69) is 16.5 Å². The summed E-state index contributed by atoms with van der Waals surface area (Å²) >= 11 is 12.0. The summed E-state index contributed by atoms with van der Waals surface area (Å²) in [5.74, 6) is 1.91. The first-order valence-corrected chi connectivity index (χ1v) is 6.44. The van der Waals surface area contributed by atoms with E-state index in [1.165, 1.54) is 0 Å². The van der Waals surface area contributed by atoms with Gasteiger partial charge in [-0.25, -0.2) is 4.98 Å². The standard InChI is InChI=1S/C12H12Cl2N2O/c1-7-3-2-6-16-10(7)11(14)15-12(16)8-4-5-9(13)17-8/h4-5,7H,2-3,6H2,1H3. The van der Waals surface area contributed by atoms with Crippen LogP contribution in [-0.4, -0.2) is 9.55 Å². The van der Waals surface area contributed by atoms with Gasteiger partial charge in [-0.3, -0.25) is 0 Å². The Bertz CT molecular complexity index is 559. The maximum Gasteiger partial charge on any atom is 0.194 e.